The largest absolute Gasteiger partial charge is 0.507 e. The Labute approximate surface area is 446 Å². The molecule has 2 heterocycles. The molecule has 68 heavy (non-hydrogen) atoms. The van der Waals surface area contributed by atoms with E-state index >= 15 is 0 Å². The van der Waals surface area contributed by atoms with Crippen molar-refractivity contribution < 1.29 is 50.8 Å². The number of fused-ring (bicyclic) bond motifs is 1. The molecule has 1 N–H and O–H groups in total. The number of nitrogens with zero attached hydrogens (tertiary/aromatic N) is 3. The summed E-state index contributed by atoms with van der Waals surface area (Å²) in [5, 5.41) is 13.1. The van der Waals surface area contributed by atoms with Gasteiger partial charge in [-0.3, -0.25) is 9.55 Å². The van der Waals surface area contributed by atoms with Crippen molar-refractivity contribution in [3.8, 4) is 67.5 Å². The van der Waals surface area contributed by atoms with Gasteiger partial charge in [0, 0.05) is 68.8 Å². The van der Waals surface area contributed by atoms with Crippen molar-refractivity contribution in [2.45, 2.75) is 137 Å². The Morgan fingerprint density at radius 3 is 1.84 bits per heavy atom. The standard InChI is InChI=1S/C63H70N3O.Pt/c1-16-63(14,15)46-29-30-54(50(37-46)41-21-18-17-19-22-41)66-55-24-20-23-49(56(55)65-58(66)51-38-48(61(8,9)10)39-52(57(51)67)62(11,12)13)43-33-44(35-47(34-43)60(5,6)7)53-36-42(31-32-64-53)40-25-27-45(28-26-40)59(2,3)4;/h17-32,34-39,67H,16H2,1-15H3;/q-1;/i8D3,9D3,10D3,11D3,12D3,13D3;. The van der Waals surface area contributed by atoms with Crippen molar-refractivity contribution in [1.82, 2.24) is 14.5 Å². The summed E-state index contributed by atoms with van der Waals surface area (Å²) in [4.78, 5) is 10.1. The molecule has 0 atom stereocenters. The first-order valence-electron chi connectivity index (χ1n) is 31.6. The third-order valence-electron chi connectivity index (χ3n) is 13.0. The van der Waals surface area contributed by atoms with Gasteiger partial charge in [-0.1, -0.05) is 199 Å². The van der Waals surface area contributed by atoms with Crippen molar-refractivity contribution in [2.75, 3.05) is 0 Å². The van der Waals surface area contributed by atoms with Gasteiger partial charge in [0.2, 0.25) is 0 Å². The maximum atomic E-state index is 13.1. The number of pyridine rings is 1. The number of rotatable bonds is 8. The van der Waals surface area contributed by atoms with Crippen LogP contribution in [-0.4, -0.2) is 19.6 Å². The average molecular weight is 1100 g/mol. The molecule has 0 saturated carbocycles. The molecule has 0 aliphatic carbocycles. The molecule has 2 aromatic heterocycles. The summed E-state index contributed by atoms with van der Waals surface area (Å²) in [5.74, 6) is -1.76. The van der Waals surface area contributed by atoms with Crippen LogP contribution in [0.5, 0.6) is 5.75 Å². The van der Waals surface area contributed by atoms with E-state index in [1.54, 1.807) is 35.0 Å². The molecular weight excluding hydrogens is 1010 g/mol. The first kappa shape index (κ1) is 31.5. The number of phenolic OH excluding ortho intramolecular Hbond substituents is 1. The molecule has 0 aliphatic rings. The van der Waals surface area contributed by atoms with Crippen LogP contribution < -0.4 is 0 Å². The molecule has 5 heteroatoms. The van der Waals surface area contributed by atoms with Gasteiger partial charge in [0.1, 0.15) is 11.6 Å². The van der Waals surface area contributed by atoms with Crippen LogP contribution in [0.4, 0.5) is 0 Å². The molecule has 8 rings (SSSR count). The van der Waals surface area contributed by atoms with Crippen molar-refractivity contribution in [3.63, 3.8) is 0 Å². The van der Waals surface area contributed by atoms with Crippen LogP contribution in [-0.2, 0) is 48.1 Å². The number of imidazole rings is 1. The number of aromatic nitrogens is 3. The normalized spacial score (nSPS) is 17.7. The quantitative estimate of drug-likeness (QED) is 0.154. The molecule has 0 fully saturated rings. The van der Waals surface area contributed by atoms with Crippen molar-refractivity contribution in [3.05, 3.63) is 167 Å². The molecule has 0 unspecified atom stereocenters. The molecule has 8 aromatic rings. The second kappa shape index (κ2) is 18.4. The molecular formula is C63H70N3OPt-. The Hall–Kier alpha value is -5.57. The molecule has 0 amide bonds. The van der Waals surface area contributed by atoms with E-state index in [1.807, 2.05) is 94.4 Å². The molecule has 0 spiro atoms. The summed E-state index contributed by atoms with van der Waals surface area (Å²) >= 11 is 0. The minimum atomic E-state index is -4.14. The van der Waals surface area contributed by atoms with E-state index < -0.39 is 91.0 Å². The zero-order chi connectivity index (χ0) is 63.4. The summed E-state index contributed by atoms with van der Waals surface area (Å²) in [6.07, 6.45) is 2.43. The van der Waals surface area contributed by atoms with E-state index in [4.69, 9.17) is 34.6 Å². The Balaban J connectivity index is 0.0000106. The zero-order valence-corrected chi connectivity index (χ0v) is 42.3. The molecule has 0 bridgehead atoms. The molecule has 0 aliphatic heterocycles. The SMILES string of the molecule is [2H]C([2H])([2H])C(c1cc(-c2nc3c(-c4[c-]c(-c5cc(-c6ccc(C(C)(C)C)cc6)ccn5)cc(C(C)(C)C)c4)cccc3n2-c2ccc(C(C)(C)CC)cc2-c2ccccc2)c(O)c(C(C([2H])([2H])[2H])(C([2H])([2H])[2H])C([2H])([2H])[2H])c1)(C([2H])([2H])[2H])C([2H])([2H])[2H].[Pt]. The van der Waals surface area contributed by atoms with Crippen LogP contribution >= 0.6 is 0 Å². The maximum Gasteiger partial charge on any atom is 0.148 e. The van der Waals surface area contributed by atoms with Crippen LogP contribution in [0.1, 0.15) is 162 Å². The Kier molecular flexibility index (Phi) is 8.53. The van der Waals surface area contributed by atoms with E-state index in [1.165, 1.54) is 5.56 Å². The number of aromatic hydroxyl groups is 1. The van der Waals surface area contributed by atoms with E-state index in [9.17, 15) is 5.11 Å². The summed E-state index contributed by atoms with van der Waals surface area (Å²) < 4.78 is 160. The van der Waals surface area contributed by atoms with Gasteiger partial charge in [0.25, 0.3) is 0 Å². The monoisotopic (exact) mass is 1100 g/mol. The van der Waals surface area contributed by atoms with Gasteiger partial charge in [-0.05, 0) is 97.2 Å². The van der Waals surface area contributed by atoms with Gasteiger partial charge in [-0.25, -0.2) is 4.98 Å². The van der Waals surface area contributed by atoms with Crippen LogP contribution in [0.2, 0.25) is 0 Å². The van der Waals surface area contributed by atoms with E-state index in [0.717, 1.165) is 28.3 Å². The summed E-state index contributed by atoms with van der Waals surface area (Å²) in [6, 6.07) is 40.8. The zero-order valence-electron chi connectivity index (χ0n) is 58.0. The molecule has 0 saturated heterocycles. The minimum Gasteiger partial charge on any atom is -0.507 e. The number of hydrogen-bond donors (Lipinski definition) is 1. The third kappa shape index (κ3) is 9.95. The number of para-hydroxylation sites is 1. The number of hydrogen-bond acceptors (Lipinski definition) is 3. The van der Waals surface area contributed by atoms with Crippen molar-refractivity contribution in [1.29, 1.82) is 0 Å². The summed E-state index contributed by atoms with van der Waals surface area (Å²) in [7, 11) is 0. The van der Waals surface area contributed by atoms with Gasteiger partial charge in [0.05, 0.1) is 22.3 Å². The van der Waals surface area contributed by atoms with E-state index in [0.29, 0.717) is 51.7 Å². The molecule has 354 valence electrons. The Morgan fingerprint density at radius 2 is 1.19 bits per heavy atom. The fourth-order valence-electron chi connectivity index (χ4n) is 8.46. The maximum absolute atomic E-state index is 13.1. The van der Waals surface area contributed by atoms with E-state index in [2.05, 4.69) is 65.0 Å². The third-order valence-corrected chi connectivity index (χ3v) is 13.0. The first-order chi connectivity index (χ1) is 38.8. The first-order valence-corrected chi connectivity index (χ1v) is 22.6. The second-order valence-corrected chi connectivity index (χ2v) is 20.4. The van der Waals surface area contributed by atoms with Gasteiger partial charge in [0.15, 0.2) is 0 Å². The van der Waals surface area contributed by atoms with Crippen molar-refractivity contribution >= 4 is 11.0 Å². The van der Waals surface area contributed by atoms with Crippen molar-refractivity contribution in [2.24, 2.45) is 0 Å². The minimum absolute atomic E-state index is 0. The Morgan fingerprint density at radius 1 is 0.559 bits per heavy atom. The predicted octanol–water partition coefficient (Wildman–Crippen LogP) is 17.1. The topological polar surface area (TPSA) is 50.9 Å². The van der Waals surface area contributed by atoms with Crippen LogP contribution in [0.3, 0.4) is 0 Å². The van der Waals surface area contributed by atoms with Gasteiger partial charge >= 0.3 is 0 Å². The average Bonchev–Trinajstić information content (AvgIpc) is 0.788. The van der Waals surface area contributed by atoms with Crippen LogP contribution in [0, 0.1) is 6.07 Å². The second-order valence-electron chi connectivity index (χ2n) is 20.4. The molecule has 4 nitrogen and oxygen atoms in total. The van der Waals surface area contributed by atoms with Gasteiger partial charge in [-0.15, -0.1) is 29.3 Å². The predicted molar refractivity (Wildman–Crippen MR) is 285 cm³/mol. The molecule has 6 aromatic carbocycles. The van der Waals surface area contributed by atoms with Gasteiger partial charge < -0.3 is 5.11 Å². The van der Waals surface area contributed by atoms with Gasteiger partial charge in [-0.2, -0.15) is 0 Å². The fraction of sp³-hybridized carbons (Fsp3) is 0.333. The number of benzene rings is 6. The summed E-state index contributed by atoms with van der Waals surface area (Å²) in [5.41, 5.74) is -3.69. The smallest absolute Gasteiger partial charge is 0.148 e. The van der Waals surface area contributed by atoms with Crippen LogP contribution in [0.25, 0.3) is 72.7 Å². The fourth-order valence-corrected chi connectivity index (χ4v) is 8.46. The number of phenols is 1. The molecule has 0 radical (unpaired) electrons. The van der Waals surface area contributed by atoms with Crippen LogP contribution in [0.15, 0.2) is 134 Å². The summed E-state index contributed by atoms with van der Waals surface area (Å²) in [6.45, 7) is -5.81. The van der Waals surface area contributed by atoms with E-state index in [-0.39, 0.29) is 37.5 Å². The Bertz CT molecular complexity index is 3730.